The van der Waals surface area contributed by atoms with Crippen LogP contribution in [0.15, 0.2) is 40.6 Å². The minimum absolute atomic E-state index is 0.00239. The minimum atomic E-state index is -0.646. The zero-order valence-corrected chi connectivity index (χ0v) is 12.8. The van der Waals surface area contributed by atoms with E-state index in [1.54, 1.807) is 13.0 Å². The number of carbonyl (C=O) groups is 1. The standard InChI is InChI=1S/C15H14N4O5/c1-8-5-12(16-9(2)20)15(22)13(6-8)18-17-11-4-3-10(19(23)24)7-14(11)21/h3-7,21-22H,1-2H3,(H,16,20). The molecule has 0 spiro atoms. The van der Waals surface area contributed by atoms with Gasteiger partial charge >= 0.3 is 0 Å². The minimum Gasteiger partial charge on any atom is -0.505 e. The smallest absolute Gasteiger partial charge is 0.273 e. The SMILES string of the molecule is CC(=O)Nc1cc(C)cc(N=Nc2ccc([N+](=O)[O-])cc2O)c1O. The molecule has 0 radical (unpaired) electrons. The van der Waals surface area contributed by atoms with Gasteiger partial charge in [0.05, 0.1) is 16.7 Å². The zero-order chi connectivity index (χ0) is 17.9. The number of phenolic OH excluding ortho intramolecular Hbond substituents is 2. The van der Waals surface area contributed by atoms with Crippen LogP contribution in [0.4, 0.5) is 22.7 Å². The number of benzene rings is 2. The third kappa shape index (κ3) is 3.83. The van der Waals surface area contributed by atoms with Crippen molar-refractivity contribution in [3.05, 3.63) is 46.0 Å². The third-order valence-electron chi connectivity index (χ3n) is 2.98. The normalized spacial score (nSPS) is 10.8. The Morgan fingerprint density at radius 2 is 1.83 bits per heavy atom. The predicted molar refractivity (Wildman–Crippen MR) is 86.1 cm³/mol. The first-order chi connectivity index (χ1) is 11.3. The maximum atomic E-state index is 11.1. The van der Waals surface area contributed by atoms with E-state index in [0.717, 1.165) is 11.6 Å². The van der Waals surface area contributed by atoms with Crippen LogP contribution in [0.5, 0.6) is 11.5 Å². The van der Waals surface area contributed by atoms with Crippen molar-refractivity contribution < 1.29 is 19.9 Å². The lowest BCUT2D eigenvalue weighted by Gasteiger charge is -2.08. The molecule has 124 valence electrons. The highest BCUT2D eigenvalue weighted by Gasteiger charge is 2.12. The molecule has 0 heterocycles. The summed E-state index contributed by atoms with van der Waals surface area (Å²) in [5.41, 5.74) is 0.708. The van der Waals surface area contributed by atoms with E-state index in [4.69, 9.17) is 0 Å². The van der Waals surface area contributed by atoms with Gasteiger partial charge in [-0.3, -0.25) is 14.9 Å². The molecule has 0 aliphatic rings. The van der Waals surface area contributed by atoms with Crippen molar-refractivity contribution in [2.75, 3.05) is 5.32 Å². The highest BCUT2D eigenvalue weighted by Crippen LogP contribution is 2.38. The van der Waals surface area contributed by atoms with Gasteiger partial charge in [0.25, 0.3) is 5.69 Å². The summed E-state index contributed by atoms with van der Waals surface area (Å²) < 4.78 is 0. The summed E-state index contributed by atoms with van der Waals surface area (Å²) in [6.07, 6.45) is 0. The van der Waals surface area contributed by atoms with E-state index in [1.165, 1.54) is 25.1 Å². The van der Waals surface area contributed by atoms with Gasteiger partial charge < -0.3 is 15.5 Å². The molecule has 2 aromatic carbocycles. The number of phenols is 2. The van der Waals surface area contributed by atoms with Crippen LogP contribution in [0.25, 0.3) is 0 Å². The van der Waals surface area contributed by atoms with Gasteiger partial charge in [-0.2, -0.15) is 0 Å². The lowest BCUT2D eigenvalue weighted by molar-refractivity contribution is -0.384. The molecule has 0 aromatic heterocycles. The lowest BCUT2D eigenvalue weighted by atomic mass is 10.1. The molecule has 0 atom stereocenters. The Morgan fingerprint density at radius 3 is 2.42 bits per heavy atom. The first-order valence-corrected chi connectivity index (χ1v) is 6.78. The number of hydrogen-bond donors (Lipinski definition) is 3. The molecule has 2 aromatic rings. The van der Waals surface area contributed by atoms with E-state index in [9.17, 15) is 25.1 Å². The van der Waals surface area contributed by atoms with Crippen LogP contribution in [0.1, 0.15) is 12.5 Å². The fourth-order valence-electron chi connectivity index (χ4n) is 1.94. The van der Waals surface area contributed by atoms with Crippen molar-refractivity contribution in [1.29, 1.82) is 0 Å². The van der Waals surface area contributed by atoms with E-state index >= 15 is 0 Å². The molecule has 2 rings (SSSR count). The molecule has 9 nitrogen and oxygen atoms in total. The number of non-ortho nitro benzene ring substituents is 1. The maximum Gasteiger partial charge on any atom is 0.273 e. The van der Waals surface area contributed by atoms with E-state index in [0.29, 0.717) is 0 Å². The van der Waals surface area contributed by atoms with Gasteiger partial charge in [-0.05, 0) is 30.7 Å². The van der Waals surface area contributed by atoms with Gasteiger partial charge in [-0.1, -0.05) is 0 Å². The molecule has 0 saturated heterocycles. The average molecular weight is 330 g/mol. The highest BCUT2D eigenvalue weighted by molar-refractivity contribution is 5.91. The second-order valence-corrected chi connectivity index (χ2v) is 4.99. The average Bonchev–Trinajstić information content (AvgIpc) is 2.49. The van der Waals surface area contributed by atoms with Crippen molar-refractivity contribution >= 4 is 28.7 Å². The van der Waals surface area contributed by atoms with Crippen LogP contribution in [0, 0.1) is 17.0 Å². The van der Waals surface area contributed by atoms with Crippen molar-refractivity contribution in [3.8, 4) is 11.5 Å². The van der Waals surface area contributed by atoms with Gasteiger partial charge in [-0.25, -0.2) is 0 Å². The third-order valence-corrected chi connectivity index (χ3v) is 2.98. The lowest BCUT2D eigenvalue weighted by Crippen LogP contribution is -2.06. The number of anilines is 1. The summed E-state index contributed by atoms with van der Waals surface area (Å²) in [5, 5.41) is 40.5. The molecule has 9 heteroatoms. The van der Waals surface area contributed by atoms with Crippen molar-refractivity contribution in [1.82, 2.24) is 0 Å². The number of nitro benzene ring substituents is 1. The Labute approximate surface area is 136 Å². The number of hydrogen-bond acceptors (Lipinski definition) is 7. The Hall–Kier alpha value is -3.49. The first-order valence-electron chi connectivity index (χ1n) is 6.78. The van der Waals surface area contributed by atoms with Crippen molar-refractivity contribution in [2.24, 2.45) is 10.2 Å². The fourth-order valence-corrected chi connectivity index (χ4v) is 1.94. The molecular weight excluding hydrogens is 316 g/mol. The topological polar surface area (TPSA) is 137 Å². The van der Waals surface area contributed by atoms with Crippen LogP contribution in [0.3, 0.4) is 0 Å². The number of amides is 1. The van der Waals surface area contributed by atoms with Gasteiger partial charge in [0.2, 0.25) is 5.91 Å². The highest BCUT2D eigenvalue weighted by atomic mass is 16.6. The molecule has 24 heavy (non-hydrogen) atoms. The largest absolute Gasteiger partial charge is 0.505 e. The molecule has 0 saturated carbocycles. The van der Waals surface area contributed by atoms with Crippen LogP contribution in [-0.4, -0.2) is 21.0 Å². The second-order valence-electron chi connectivity index (χ2n) is 4.99. The van der Waals surface area contributed by atoms with Gasteiger partial charge in [-0.15, -0.1) is 10.2 Å². The van der Waals surface area contributed by atoms with E-state index in [1.807, 2.05) is 0 Å². The number of nitrogens with zero attached hydrogens (tertiary/aromatic N) is 3. The van der Waals surface area contributed by atoms with Gasteiger partial charge in [0.1, 0.15) is 17.1 Å². The number of nitrogens with one attached hydrogen (secondary N) is 1. The van der Waals surface area contributed by atoms with Crippen LogP contribution in [-0.2, 0) is 4.79 Å². The van der Waals surface area contributed by atoms with Crippen LogP contribution >= 0.6 is 0 Å². The molecule has 1 amide bonds. The fraction of sp³-hybridized carbons (Fsp3) is 0.133. The number of rotatable bonds is 4. The summed E-state index contributed by atoms with van der Waals surface area (Å²) >= 11 is 0. The number of aryl methyl sites for hydroxylation is 1. The molecule has 3 N–H and O–H groups in total. The number of nitro groups is 1. The Balaban J connectivity index is 2.37. The Morgan fingerprint density at radius 1 is 1.17 bits per heavy atom. The second kappa shape index (κ2) is 6.73. The molecular formula is C15H14N4O5. The Kier molecular flexibility index (Phi) is 4.73. The zero-order valence-electron chi connectivity index (χ0n) is 12.8. The van der Waals surface area contributed by atoms with Crippen molar-refractivity contribution in [3.63, 3.8) is 0 Å². The number of carbonyl (C=O) groups excluding carboxylic acids is 1. The van der Waals surface area contributed by atoms with E-state index in [2.05, 4.69) is 15.5 Å². The molecule has 0 unspecified atom stereocenters. The monoisotopic (exact) mass is 330 g/mol. The molecule has 0 aliphatic carbocycles. The Bertz CT molecular complexity index is 848. The van der Waals surface area contributed by atoms with Gasteiger partial charge in [0, 0.05) is 13.0 Å². The van der Waals surface area contributed by atoms with Crippen LogP contribution < -0.4 is 5.32 Å². The molecule has 0 bridgehead atoms. The summed E-state index contributed by atoms with van der Waals surface area (Å²) in [6, 6.07) is 6.46. The summed E-state index contributed by atoms with van der Waals surface area (Å²) in [5.74, 6) is -1.05. The quantitative estimate of drug-likeness (QED) is 0.340. The summed E-state index contributed by atoms with van der Waals surface area (Å²) in [6.45, 7) is 3.05. The molecule has 0 fully saturated rings. The van der Waals surface area contributed by atoms with E-state index < -0.39 is 10.7 Å². The number of aromatic hydroxyl groups is 2. The maximum absolute atomic E-state index is 11.1. The van der Waals surface area contributed by atoms with Gasteiger partial charge in [0.15, 0.2) is 5.75 Å². The summed E-state index contributed by atoms with van der Waals surface area (Å²) in [7, 11) is 0. The predicted octanol–water partition coefficient (Wildman–Crippen LogP) is 3.69. The van der Waals surface area contributed by atoms with Crippen LogP contribution in [0.2, 0.25) is 0 Å². The van der Waals surface area contributed by atoms with E-state index in [-0.39, 0.29) is 34.4 Å². The molecule has 0 aliphatic heterocycles. The first kappa shape index (κ1) is 16.9. The summed E-state index contributed by atoms with van der Waals surface area (Å²) in [4.78, 5) is 21.1. The number of azo groups is 1. The van der Waals surface area contributed by atoms with Crippen molar-refractivity contribution in [2.45, 2.75) is 13.8 Å².